The summed E-state index contributed by atoms with van der Waals surface area (Å²) in [5, 5.41) is 0. The molecule has 0 heteroatoms. The van der Waals surface area contributed by atoms with Crippen LogP contribution in [0.5, 0.6) is 0 Å². The predicted octanol–water partition coefficient (Wildman–Crippen LogP) is 8.13. The van der Waals surface area contributed by atoms with Gasteiger partial charge in [-0.15, -0.1) is 0 Å². The summed E-state index contributed by atoms with van der Waals surface area (Å²) in [7, 11) is 0. The lowest BCUT2D eigenvalue weighted by atomic mass is 9.59. The zero-order valence-electron chi connectivity index (χ0n) is 17.8. The molecule has 23 heavy (non-hydrogen) atoms. The third-order valence-electron chi connectivity index (χ3n) is 6.63. The van der Waals surface area contributed by atoms with E-state index in [2.05, 4.69) is 68.9 Å². The molecule has 0 aliphatic heterocycles. The van der Waals surface area contributed by atoms with E-state index in [1.807, 2.05) is 0 Å². The van der Waals surface area contributed by atoms with Crippen molar-refractivity contribution in [3.63, 3.8) is 0 Å². The van der Waals surface area contributed by atoms with Crippen molar-refractivity contribution in [2.45, 2.75) is 101 Å². The van der Waals surface area contributed by atoms with Gasteiger partial charge in [0.05, 0.1) is 0 Å². The van der Waals surface area contributed by atoms with Crippen LogP contribution in [0.25, 0.3) is 0 Å². The highest BCUT2D eigenvalue weighted by atomic mass is 14.4. The number of rotatable bonds is 12. The van der Waals surface area contributed by atoms with Crippen LogP contribution in [0.4, 0.5) is 0 Å². The molecule has 0 rings (SSSR count). The monoisotopic (exact) mass is 322 g/mol. The van der Waals surface area contributed by atoms with Gasteiger partial charge in [-0.1, -0.05) is 86.8 Å². The van der Waals surface area contributed by atoms with E-state index in [-0.39, 0.29) is 0 Å². The average Bonchev–Trinajstić information content (AvgIpc) is 2.44. The Morgan fingerprint density at radius 3 is 1.87 bits per heavy atom. The standard InChI is InChI=1S/C23H46/c1-11-21(10)23(19(7)8,15-13-14-17(3)4)16-20(9)22(12-2)18(5)6/h17,19-22H,5,11-16H2,1-4,6-10H3. The zero-order chi connectivity index (χ0) is 18.2. The minimum absolute atomic E-state index is 0.492. The fraction of sp³-hybridized carbons (Fsp3) is 0.913. The SMILES string of the molecule is C=C(C)C(CC)C(C)CC(CCCC(C)C)(C(C)C)C(C)CC. The van der Waals surface area contributed by atoms with E-state index in [0.717, 1.165) is 23.7 Å². The quantitative estimate of drug-likeness (QED) is 0.318. The van der Waals surface area contributed by atoms with Gasteiger partial charge in [-0.2, -0.15) is 0 Å². The Bertz CT molecular complexity index is 325. The number of allylic oxidation sites excluding steroid dienone is 1. The summed E-state index contributed by atoms with van der Waals surface area (Å²) in [5.74, 6) is 3.82. The first-order chi connectivity index (χ1) is 10.6. The maximum absolute atomic E-state index is 4.27. The van der Waals surface area contributed by atoms with Crippen LogP contribution in [0.2, 0.25) is 0 Å². The summed E-state index contributed by atoms with van der Waals surface area (Å²) >= 11 is 0. The van der Waals surface area contributed by atoms with Gasteiger partial charge >= 0.3 is 0 Å². The molecule has 0 aromatic rings. The molecule has 0 radical (unpaired) electrons. The Balaban J connectivity index is 5.33. The van der Waals surface area contributed by atoms with Crippen LogP contribution < -0.4 is 0 Å². The van der Waals surface area contributed by atoms with Gasteiger partial charge in [0, 0.05) is 0 Å². The fourth-order valence-corrected chi connectivity index (χ4v) is 4.87. The predicted molar refractivity (Wildman–Crippen MR) is 108 cm³/mol. The van der Waals surface area contributed by atoms with Crippen LogP contribution in [0, 0.1) is 35.0 Å². The van der Waals surface area contributed by atoms with Gasteiger partial charge in [-0.3, -0.25) is 0 Å². The minimum Gasteiger partial charge on any atom is -0.0999 e. The molecule has 0 nitrogen and oxygen atoms in total. The molecule has 0 bridgehead atoms. The molecule has 4 unspecified atom stereocenters. The molecular weight excluding hydrogens is 276 g/mol. The minimum atomic E-state index is 0.492. The van der Waals surface area contributed by atoms with Gasteiger partial charge in [-0.25, -0.2) is 0 Å². The van der Waals surface area contributed by atoms with E-state index in [1.165, 1.54) is 44.1 Å². The second-order valence-electron chi connectivity index (χ2n) is 9.03. The van der Waals surface area contributed by atoms with E-state index in [9.17, 15) is 0 Å². The van der Waals surface area contributed by atoms with Crippen LogP contribution in [-0.4, -0.2) is 0 Å². The highest BCUT2D eigenvalue weighted by Gasteiger charge is 2.40. The first kappa shape index (κ1) is 22.7. The lowest BCUT2D eigenvalue weighted by molar-refractivity contribution is 0.0408. The van der Waals surface area contributed by atoms with E-state index in [0.29, 0.717) is 11.3 Å². The summed E-state index contributed by atoms with van der Waals surface area (Å²) in [6.07, 6.45) is 8.05. The van der Waals surface area contributed by atoms with E-state index < -0.39 is 0 Å². The molecular formula is C23H46. The van der Waals surface area contributed by atoms with Crippen molar-refractivity contribution in [3.05, 3.63) is 12.2 Å². The first-order valence-electron chi connectivity index (χ1n) is 10.3. The molecule has 0 amide bonds. The summed E-state index contributed by atoms with van der Waals surface area (Å²) in [4.78, 5) is 0. The third kappa shape index (κ3) is 6.63. The molecule has 0 aliphatic rings. The molecule has 0 heterocycles. The van der Waals surface area contributed by atoms with Crippen LogP contribution in [-0.2, 0) is 0 Å². The summed E-state index contributed by atoms with van der Waals surface area (Å²) in [5.41, 5.74) is 1.87. The summed E-state index contributed by atoms with van der Waals surface area (Å²) in [6.45, 7) is 25.8. The summed E-state index contributed by atoms with van der Waals surface area (Å²) < 4.78 is 0. The Morgan fingerprint density at radius 1 is 0.957 bits per heavy atom. The topological polar surface area (TPSA) is 0 Å². The fourth-order valence-electron chi connectivity index (χ4n) is 4.87. The van der Waals surface area contributed by atoms with Crippen molar-refractivity contribution in [1.82, 2.24) is 0 Å². The van der Waals surface area contributed by atoms with Gasteiger partial charge in [0.2, 0.25) is 0 Å². The third-order valence-corrected chi connectivity index (χ3v) is 6.63. The Hall–Kier alpha value is -0.260. The lowest BCUT2D eigenvalue weighted by Gasteiger charge is -2.46. The van der Waals surface area contributed by atoms with E-state index in [4.69, 9.17) is 0 Å². The summed E-state index contributed by atoms with van der Waals surface area (Å²) in [6, 6.07) is 0. The molecule has 0 fully saturated rings. The smallest absolute Gasteiger partial charge is 0.0185 e. The van der Waals surface area contributed by atoms with E-state index >= 15 is 0 Å². The highest BCUT2D eigenvalue weighted by molar-refractivity contribution is 5.00. The molecule has 0 spiro atoms. The van der Waals surface area contributed by atoms with Crippen molar-refractivity contribution in [3.8, 4) is 0 Å². The Labute approximate surface area is 148 Å². The van der Waals surface area contributed by atoms with Crippen LogP contribution >= 0.6 is 0 Å². The van der Waals surface area contributed by atoms with Gasteiger partial charge in [0.25, 0.3) is 0 Å². The Kier molecular flexibility index (Phi) is 10.5. The zero-order valence-corrected chi connectivity index (χ0v) is 17.8. The first-order valence-corrected chi connectivity index (χ1v) is 10.3. The maximum atomic E-state index is 4.27. The molecule has 0 aromatic heterocycles. The average molecular weight is 323 g/mol. The van der Waals surface area contributed by atoms with Crippen LogP contribution in [0.15, 0.2) is 12.2 Å². The van der Waals surface area contributed by atoms with Crippen molar-refractivity contribution in [1.29, 1.82) is 0 Å². The molecule has 0 N–H and O–H groups in total. The lowest BCUT2D eigenvalue weighted by Crippen LogP contribution is -2.37. The molecule has 0 aliphatic carbocycles. The van der Waals surface area contributed by atoms with Crippen LogP contribution in [0.1, 0.15) is 101 Å². The van der Waals surface area contributed by atoms with Crippen molar-refractivity contribution >= 4 is 0 Å². The molecule has 0 aromatic carbocycles. The molecule has 4 atom stereocenters. The second-order valence-corrected chi connectivity index (χ2v) is 9.03. The van der Waals surface area contributed by atoms with Crippen molar-refractivity contribution in [2.75, 3.05) is 0 Å². The number of hydrogen-bond donors (Lipinski definition) is 0. The van der Waals surface area contributed by atoms with Gasteiger partial charge in [0.15, 0.2) is 0 Å². The van der Waals surface area contributed by atoms with Gasteiger partial charge in [-0.05, 0) is 61.2 Å². The van der Waals surface area contributed by atoms with E-state index in [1.54, 1.807) is 0 Å². The molecule has 138 valence electrons. The van der Waals surface area contributed by atoms with Crippen LogP contribution in [0.3, 0.4) is 0 Å². The molecule has 0 saturated carbocycles. The Morgan fingerprint density at radius 2 is 1.52 bits per heavy atom. The maximum Gasteiger partial charge on any atom is -0.0185 e. The normalized spacial score (nSPS) is 18.7. The number of hydrogen-bond acceptors (Lipinski definition) is 0. The van der Waals surface area contributed by atoms with Gasteiger partial charge in [0.1, 0.15) is 0 Å². The largest absolute Gasteiger partial charge is 0.0999 e. The highest BCUT2D eigenvalue weighted by Crippen LogP contribution is 2.49. The second kappa shape index (κ2) is 10.6. The van der Waals surface area contributed by atoms with Crippen molar-refractivity contribution in [2.24, 2.45) is 35.0 Å². The molecule has 0 saturated heterocycles. The van der Waals surface area contributed by atoms with Gasteiger partial charge < -0.3 is 0 Å². The van der Waals surface area contributed by atoms with Crippen molar-refractivity contribution < 1.29 is 0 Å².